The molecule has 1 aromatic rings. The molecular weight excluding hydrogens is 258 g/mol. The Morgan fingerprint density at radius 1 is 1.10 bits per heavy atom. The van der Waals surface area contributed by atoms with Crippen molar-refractivity contribution in [2.75, 3.05) is 5.32 Å². The molecule has 0 atom stereocenters. The smallest absolute Gasteiger partial charge is 0.230 e. The average molecular weight is 289 g/mol. The molecule has 0 heterocycles. The number of anilines is 1. The lowest BCUT2D eigenvalue weighted by atomic mass is 9.86. The van der Waals surface area contributed by atoms with E-state index < -0.39 is 0 Å². The highest BCUT2D eigenvalue weighted by Gasteiger charge is 2.28. The zero-order chi connectivity index (χ0) is 16.2. The normalized spacial score (nSPS) is 12.0. The van der Waals surface area contributed by atoms with E-state index in [9.17, 15) is 4.79 Å². The van der Waals surface area contributed by atoms with E-state index in [4.69, 9.17) is 0 Å². The van der Waals surface area contributed by atoms with Crippen LogP contribution in [0.2, 0.25) is 0 Å². The quantitative estimate of drug-likeness (QED) is 0.715. The summed E-state index contributed by atoms with van der Waals surface area (Å²) in [7, 11) is 0. The van der Waals surface area contributed by atoms with Crippen LogP contribution in [0.25, 0.3) is 0 Å². The largest absolute Gasteiger partial charge is 0.325 e. The Bertz CT molecular complexity index is 460. The van der Waals surface area contributed by atoms with Crippen LogP contribution >= 0.6 is 0 Å². The monoisotopic (exact) mass is 289 g/mol. The summed E-state index contributed by atoms with van der Waals surface area (Å²) in [4.78, 5) is 12.7. The van der Waals surface area contributed by atoms with Crippen molar-refractivity contribution in [2.45, 2.75) is 73.1 Å². The molecule has 0 saturated carbocycles. The molecule has 0 radical (unpaired) electrons. The molecule has 1 N–H and O–H groups in total. The predicted molar refractivity (Wildman–Crippen MR) is 91.9 cm³/mol. The third kappa shape index (κ3) is 4.33. The summed E-state index contributed by atoms with van der Waals surface area (Å²) >= 11 is 0. The van der Waals surface area contributed by atoms with E-state index in [0.717, 1.165) is 18.5 Å². The summed E-state index contributed by atoms with van der Waals surface area (Å²) < 4.78 is 0. The van der Waals surface area contributed by atoms with Gasteiger partial charge in [-0.1, -0.05) is 73.1 Å². The maximum absolute atomic E-state index is 12.7. The fourth-order valence-electron chi connectivity index (χ4n) is 2.72. The maximum Gasteiger partial charge on any atom is 0.230 e. The van der Waals surface area contributed by atoms with E-state index >= 15 is 0 Å². The van der Waals surface area contributed by atoms with Crippen LogP contribution in [0.1, 0.15) is 84.3 Å². The van der Waals surface area contributed by atoms with Gasteiger partial charge >= 0.3 is 0 Å². The van der Waals surface area contributed by atoms with Crippen molar-refractivity contribution in [1.82, 2.24) is 0 Å². The lowest BCUT2D eigenvalue weighted by Gasteiger charge is -2.26. The van der Waals surface area contributed by atoms with E-state index in [1.165, 1.54) is 11.1 Å². The molecule has 21 heavy (non-hydrogen) atoms. The molecule has 0 unspecified atom stereocenters. The molecular formula is C19H31NO. The van der Waals surface area contributed by atoms with Gasteiger partial charge in [0.1, 0.15) is 0 Å². The van der Waals surface area contributed by atoms with Gasteiger partial charge in [-0.15, -0.1) is 0 Å². The molecule has 2 heteroatoms. The molecule has 118 valence electrons. The Balaban J connectivity index is 3.19. The molecule has 0 spiro atoms. The highest BCUT2D eigenvalue weighted by Crippen LogP contribution is 2.34. The van der Waals surface area contributed by atoms with Crippen molar-refractivity contribution >= 4 is 11.6 Å². The Hall–Kier alpha value is -1.31. The molecule has 1 amide bonds. The Kier molecular flexibility index (Phi) is 6.00. The minimum Gasteiger partial charge on any atom is -0.325 e. The van der Waals surface area contributed by atoms with E-state index in [2.05, 4.69) is 58.1 Å². The van der Waals surface area contributed by atoms with Crippen molar-refractivity contribution in [3.8, 4) is 0 Å². The van der Waals surface area contributed by atoms with Gasteiger partial charge in [-0.25, -0.2) is 0 Å². The second kappa shape index (κ2) is 7.11. The fourth-order valence-corrected chi connectivity index (χ4v) is 2.72. The predicted octanol–water partition coefficient (Wildman–Crippen LogP) is 5.70. The van der Waals surface area contributed by atoms with Gasteiger partial charge in [-0.3, -0.25) is 4.79 Å². The second-order valence-corrected chi connectivity index (χ2v) is 7.21. The van der Waals surface area contributed by atoms with Crippen LogP contribution in [0.15, 0.2) is 18.2 Å². The molecule has 0 bridgehead atoms. The lowest BCUT2D eigenvalue weighted by molar-refractivity contribution is -0.124. The summed E-state index contributed by atoms with van der Waals surface area (Å²) in [5.41, 5.74) is 3.15. The van der Waals surface area contributed by atoms with Crippen molar-refractivity contribution in [3.05, 3.63) is 29.3 Å². The molecule has 0 aliphatic heterocycles. The molecule has 0 aliphatic rings. The first kappa shape index (κ1) is 17.7. The van der Waals surface area contributed by atoms with Crippen molar-refractivity contribution in [3.63, 3.8) is 0 Å². The number of carbonyl (C=O) groups is 1. The standard InChI is InChI=1S/C19H31NO/c1-8-12-19(6,7)18(21)20-17-15(13(2)3)10-9-11-16(17)14(4)5/h9-11,13-14H,8,12H2,1-7H3,(H,20,21). The minimum atomic E-state index is -0.326. The van der Waals surface area contributed by atoms with Gasteiger partial charge in [-0.05, 0) is 29.4 Å². The zero-order valence-corrected chi connectivity index (χ0v) is 14.7. The van der Waals surface area contributed by atoms with Crippen LogP contribution in [0, 0.1) is 5.41 Å². The molecule has 0 aliphatic carbocycles. The number of benzene rings is 1. The minimum absolute atomic E-state index is 0.124. The average Bonchev–Trinajstić information content (AvgIpc) is 2.38. The Labute approximate surface area is 130 Å². The summed E-state index contributed by atoms with van der Waals surface area (Å²) in [6.45, 7) is 14.9. The van der Waals surface area contributed by atoms with Crippen LogP contribution in [0.4, 0.5) is 5.69 Å². The van der Waals surface area contributed by atoms with E-state index in [1.807, 2.05) is 13.8 Å². The molecule has 1 aromatic carbocycles. The van der Waals surface area contributed by atoms with Gasteiger partial charge in [-0.2, -0.15) is 0 Å². The first-order chi connectivity index (χ1) is 9.70. The van der Waals surface area contributed by atoms with Crippen molar-refractivity contribution in [2.24, 2.45) is 5.41 Å². The van der Waals surface area contributed by atoms with Crippen molar-refractivity contribution in [1.29, 1.82) is 0 Å². The van der Waals surface area contributed by atoms with Crippen LogP contribution in [-0.2, 0) is 4.79 Å². The van der Waals surface area contributed by atoms with Gasteiger partial charge in [0.15, 0.2) is 0 Å². The SMILES string of the molecule is CCCC(C)(C)C(=O)Nc1c(C(C)C)cccc1C(C)C. The van der Waals surface area contributed by atoms with E-state index in [1.54, 1.807) is 0 Å². The number of hydrogen-bond donors (Lipinski definition) is 1. The number of amides is 1. The molecule has 2 nitrogen and oxygen atoms in total. The maximum atomic E-state index is 12.7. The van der Waals surface area contributed by atoms with Crippen LogP contribution < -0.4 is 5.32 Å². The van der Waals surface area contributed by atoms with E-state index in [-0.39, 0.29) is 11.3 Å². The van der Waals surface area contributed by atoms with Gasteiger partial charge in [0, 0.05) is 11.1 Å². The Morgan fingerprint density at radius 3 is 1.95 bits per heavy atom. The summed E-state index contributed by atoms with van der Waals surface area (Å²) in [5.74, 6) is 0.918. The molecule has 1 rings (SSSR count). The number of carbonyl (C=O) groups excluding carboxylic acids is 1. The highest BCUT2D eigenvalue weighted by molar-refractivity contribution is 5.96. The number of hydrogen-bond acceptors (Lipinski definition) is 1. The third-order valence-corrected chi connectivity index (χ3v) is 4.10. The molecule has 0 aromatic heterocycles. The first-order valence-corrected chi connectivity index (χ1v) is 8.15. The Morgan fingerprint density at radius 2 is 1.57 bits per heavy atom. The van der Waals surface area contributed by atoms with Crippen molar-refractivity contribution < 1.29 is 4.79 Å². The molecule has 0 fully saturated rings. The van der Waals surface area contributed by atoms with Crippen LogP contribution in [0.5, 0.6) is 0 Å². The second-order valence-electron chi connectivity index (χ2n) is 7.21. The zero-order valence-electron chi connectivity index (χ0n) is 14.7. The number of rotatable bonds is 6. The first-order valence-electron chi connectivity index (χ1n) is 8.15. The summed E-state index contributed by atoms with van der Waals surface area (Å²) in [5, 5.41) is 3.23. The van der Waals surface area contributed by atoms with Gasteiger partial charge in [0.05, 0.1) is 0 Å². The highest BCUT2D eigenvalue weighted by atomic mass is 16.2. The van der Waals surface area contributed by atoms with Crippen LogP contribution in [0.3, 0.4) is 0 Å². The fraction of sp³-hybridized carbons (Fsp3) is 0.632. The third-order valence-electron chi connectivity index (χ3n) is 4.10. The topological polar surface area (TPSA) is 29.1 Å². The number of nitrogens with one attached hydrogen (secondary N) is 1. The lowest BCUT2D eigenvalue weighted by Crippen LogP contribution is -2.31. The number of para-hydroxylation sites is 1. The molecule has 0 saturated heterocycles. The summed E-state index contributed by atoms with van der Waals surface area (Å²) in [6.07, 6.45) is 1.92. The van der Waals surface area contributed by atoms with Gasteiger partial charge in [0.25, 0.3) is 0 Å². The van der Waals surface area contributed by atoms with Crippen LogP contribution in [-0.4, -0.2) is 5.91 Å². The van der Waals surface area contributed by atoms with Gasteiger partial charge in [0.2, 0.25) is 5.91 Å². The van der Waals surface area contributed by atoms with E-state index in [0.29, 0.717) is 11.8 Å². The van der Waals surface area contributed by atoms with Gasteiger partial charge < -0.3 is 5.32 Å². The summed E-state index contributed by atoms with van der Waals surface area (Å²) in [6, 6.07) is 6.34.